The van der Waals surface area contributed by atoms with Gasteiger partial charge in [-0.3, -0.25) is 4.68 Å². The average Bonchev–Trinajstić information content (AvgIpc) is 3.02. The molecular weight excluding hydrogens is 254 g/mol. The monoisotopic (exact) mass is 277 g/mol. The Morgan fingerprint density at radius 1 is 1.40 bits per heavy atom. The number of nitrogens with one attached hydrogen (secondary N) is 1. The molecule has 1 atom stereocenters. The Balaban J connectivity index is 2.54. The van der Waals surface area contributed by atoms with E-state index in [9.17, 15) is 0 Å². The predicted molar refractivity (Wildman–Crippen MR) is 77.9 cm³/mol. The molecular formula is C14H23N5O. The van der Waals surface area contributed by atoms with E-state index in [1.54, 1.807) is 13.3 Å². The normalized spacial score (nSPS) is 12.9. The molecule has 0 saturated heterocycles. The van der Waals surface area contributed by atoms with Crippen LogP contribution in [0.4, 0.5) is 0 Å². The maximum Gasteiger partial charge on any atom is 0.162 e. The first-order chi connectivity index (χ1) is 9.60. The maximum atomic E-state index is 5.48. The average molecular weight is 277 g/mol. The van der Waals surface area contributed by atoms with Crippen LogP contribution in [0, 0.1) is 0 Å². The first-order valence-electron chi connectivity index (χ1n) is 6.92. The van der Waals surface area contributed by atoms with Gasteiger partial charge in [-0.2, -0.15) is 5.10 Å². The summed E-state index contributed by atoms with van der Waals surface area (Å²) in [6.45, 7) is 7.14. The largest absolute Gasteiger partial charge is 0.493 e. The molecule has 0 fully saturated rings. The van der Waals surface area contributed by atoms with Gasteiger partial charge < -0.3 is 14.6 Å². The zero-order valence-electron chi connectivity index (χ0n) is 12.8. The standard InChI is InChI=1S/C14H23N5O/c1-6-15-12(14-16-7-8-18(14)4)13-11(20-5)9-17-19(13)10(2)3/h7-10,12,15H,6H2,1-5H3. The summed E-state index contributed by atoms with van der Waals surface area (Å²) in [5.74, 6) is 1.74. The van der Waals surface area contributed by atoms with Crippen molar-refractivity contribution in [1.82, 2.24) is 24.6 Å². The SMILES string of the molecule is CCNC(c1nccn1C)c1c(OC)cnn1C(C)C. The molecule has 1 unspecified atom stereocenters. The van der Waals surface area contributed by atoms with Crippen molar-refractivity contribution < 1.29 is 4.74 Å². The van der Waals surface area contributed by atoms with Gasteiger partial charge >= 0.3 is 0 Å². The van der Waals surface area contributed by atoms with E-state index in [1.165, 1.54) is 0 Å². The van der Waals surface area contributed by atoms with Gasteiger partial charge in [-0.1, -0.05) is 6.92 Å². The summed E-state index contributed by atoms with van der Waals surface area (Å²) in [5, 5.41) is 7.92. The fourth-order valence-corrected chi connectivity index (χ4v) is 2.37. The van der Waals surface area contributed by atoms with Crippen LogP contribution in [0.1, 0.15) is 44.4 Å². The molecule has 0 aliphatic carbocycles. The van der Waals surface area contributed by atoms with Crippen LogP contribution in [0.2, 0.25) is 0 Å². The highest BCUT2D eigenvalue weighted by molar-refractivity contribution is 5.33. The molecule has 2 aromatic heterocycles. The summed E-state index contributed by atoms with van der Waals surface area (Å²) >= 11 is 0. The second kappa shape index (κ2) is 6.09. The third kappa shape index (κ3) is 2.56. The Morgan fingerprint density at radius 3 is 2.65 bits per heavy atom. The number of imidazole rings is 1. The zero-order chi connectivity index (χ0) is 14.7. The number of methoxy groups -OCH3 is 1. The molecule has 2 aromatic rings. The summed E-state index contributed by atoms with van der Waals surface area (Å²) in [6.07, 6.45) is 5.52. The summed E-state index contributed by atoms with van der Waals surface area (Å²) in [6, 6.07) is 0.218. The minimum atomic E-state index is -0.0418. The lowest BCUT2D eigenvalue weighted by molar-refractivity contribution is 0.390. The van der Waals surface area contributed by atoms with Gasteiger partial charge in [0.05, 0.1) is 13.3 Å². The highest BCUT2D eigenvalue weighted by atomic mass is 16.5. The Labute approximate surface area is 119 Å². The minimum absolute atomic E-state index is 0.0418. The second-order valence-corrected chi connectivity index (χ2v) is 5.02. The topological polar surface area (TPSA) is 56.9 Å². The Kier molecular flexibility index (Phi) is 4.44. The van der Waals surface area contributed by atoms with Crippen LogP contribution in [0.15, 0.2) is 18.6 Å². The molecule has 0 aromatic carbocycles. The summed E-state index contributed by atoms with van der Waals surface area (Å²) in [7, 11) is 3.67. The Hall–Kier alpha value is -1.82. The van der Waals surface area contributed by atoms with E-state index in [4.69, 9.17) is 4.74 Å². The van der Waals surface area contributed by atoms with Gasteiger partial charge in [0, 0.05) is 25.5 Å². The van der Waals surface area contributed by atoms with E-state index in [-0.39, 0.29) is 12.1 Å². The number of nitrogens with zero attached hydrogens (tertiary/aromatic N) is 4. The molecule has 6 heteroatoms. The smallest absolute Gasteiger partial charge is 0.162 e. The third-order valence-electron chi connectivity index (χ3n) is 3.31. The first kappa shape index (κ1) is 14.6. The quantitative estimate of drug-likeness (QED) is 0.876. The molecule has 0 amide bonds. The summed E-state index contributed by atoms with van der Waals surface area (Å²) in [4.78, 5) is 4.47. The molecule has 0 radical (unpaired) electrons. The van der Waals surface area contributed by atoms with Crippen LogP contribution in [0.25, 0.3) is 0 Å². The van der Waals surface area contributed by atoms with Crippen molar-refractivity contribution in [3.05, 3.63) is 30.1 Å². The molecule has 6 nitrogen and oxygen atoms in total. The van der Waals surface area contributed by atoms with Gasteiger partial charge in [0.15, 0.2) is 5.75 Å². The number of aromatic nitrogens is 4. The molecule has 0 saturated carbocycles. The third-order valence-corrected chi connectivity index (χ3v) is 3.31. The summed E-state index contributed by atoms with van der Waals surface area (Å²) in [5.41, 5.74) is 1.01. The van der Waals surface area contributed by atoms with Crippen LogP contribution in [-0.4, -0.2) is 33.0 Å². The van der Waals surface area contributed by atoms with Crippen molar-refractivity contribution in [2.75, 3.05) is 13.7 Å². The molecule has 0 bridgehead atoms. The van der Waals surface area contributed by atoms with Crippen LogP contribution in [0.5, 0.6) is 5.75 Å². The molecule has 0 spiro atoms. The van der Waals surface area contributed by atoms with Crippen molar-refractivity contribution in [2.24, 2.45) is 7.05 Å². The first-order valence-corrected chi connectivity index (χ1v) is 6.92. The van der Waals surface area contributed by atoms with Crippen LogP contribution in [-0.2, 0) is 7.05 Å². The number of hydrogen-bond acceptors (Lipinski definition) is 4. The lowest BCUT2D eigenvalue weighted by Gasteiger charge is -2.22. The van der Waals surface area contributed by atoms with Gasteiger partial charge in [0.25, 0.3) is 0 Å². The van der Waals surface area contributed by atoms with Gasteiger partial charge in [-0.15, -0.1) is 0 Å². The number of rotatable bonds is 6. The van der Waals surface area contributed by atoms with E-state index < -0.39 is 0 Å². The van der Waals surface area contributed by atoms with Crippen LogP contribution < -0.4 is 10.1 Å². The predicted octanol–water partition coefficient (Wildman–Crippen LogP) is 1.90. The van der Waals surface area contributed by atoms with Crippen molar-refractivity contribution in [3.63, 3.8) is 0 Å². The van der Waals surface area contributed by atoms with Gasteiger partial charge in [-0.25, -0.2) is 4.98 Å². The minimum Gasteiger partial charge on any atom is -0.493 e. The highest BCUT2D eigenvalue weighted by Crippen LogP contribution is 2.30. The van der Waals surface area contributed by atoms with Crippen molar-refractivity contribution in [1.29, 1.82) is 0 Å². The highest BCUT2D eigenvalue weighted by Gasteiger charge is 2.26. The molecule has 110 valence electrons. The van der Waals surface area contributed by atoms with Gasteiger partial charge in [-0.05, 0) is 20.4 Å². The van der Waals surface area contributed by atoms with E-state index in [0.29, 0.717) is 0 Å². The van der Waals surface area contributed by atoms with Crippen molar-refractivity contribution in [2.45, 2.75) is 32.9 Å². The van der Waals surface area contributed by atoms with Gasteiger partial charge in [0.2, 0.25) is 0 Å². The number of aryl methyl sites for hydroxylation is 1. The fourth-order valence-electron chi connectivity index (χ4n) is 2.37. The fraction of sp³-hybridized carbons (Fsp3) is 0.571. The Morgan fingerprint density at radius 2 is 2.15 bits per heavy atom. The Bertz CT molecular complexity index is 558. The maximum absolute atomic E-state index is 5.48. The lowest BCUT2D eigenvalue weighted by Crippen LogP contribution is -2.28. The molecule has 2 rings (SSSR count). The number of hydrogen-bond donors (Lipinski definition) is 1. The molecule has 1 N–H and O–H groups in total. The van der Waals surface area contributed by atoms with Crippen molar-refractivity contribution in [3.8, 4) is 5.75 Å². The van der Waals surface area contributed by atoms with E-state index in [0.717, 1.165) is 23.8 Å². The molecule has 20 heavy (non-hydrogen) atoms. The molecule has 2 heterocycles. The molecule has 0 aliphatic heterocycles. The van der Waals surface area contributed by atoms with E-state index in [2.05, 4.69) is 36.2 Å². The zero-order valence-corrected chi connectivity index (χ0v) is 12.8. The van der Waals surface area contributed by atoms with E-state index in [1.807, 2.05) is 28.7 Å². The van der Waals surface area contributed by atoms with E-state index >= 15 is 0 Å². The summed E-state index contributed by atoms with van der Waals surface area (Å²) < 4.78 is 9.49. The van der Waals surface area contributed by atoms with Crippen molar-refractivity contribution >= 4 is 0 Å². The second-order valence-electron chi connectivity index (χ2n) is 5.02. The lowest BCUT2D eigenvalue weighted by atomic mass is 10.1. The number of ether oxygens (including phenoxy) is 1. The van der Waals surface area contributed by atoms with Crippen LogP contribution in [0.3, 0.4) is 0 Å². The van der Waals surface area contributed by atoms with Gasteiger partial charge in [0.1, 0.15) is 17.6 Å². The molecule has 0 aliphatic rings. The van der Waals surface area contributed by atoms with Crippen LogP contribution >= 0.6 is 0 Å².